The van der Waals surface area contributed by atoms with E-state index in [4.69, 9.17) is 5.73 Å². The van der Waals surface area contributed by atoms with E-state index in [2.05, 4.69) is 17.6 Å². The Labute approximate surface area is 181 Å². The number of nitrogens with two attached hydrogens (primary N) is 1. The highest BCUT2D eigenvalue weighted by molar-refractivity contribution is 6.04. The van der Waals surface area contributed by atoms with Gasteiger partial charge in [0.05, 0.1) is 23.6 Å². The fourth-order valence-corrected chi connectivity index (χ4v) is 4.58. The van der Waals surface area contributed by atoms with Crippen LogP contribution in [-0.4, -0.2) is 28.2 Å². The number of hydrogen-bond donors (Lipinski definition) is 2. The Hall–Kier alpha value is -3.85. The van der Waals surface area contributed by atoms with Gasteiger partial charge >= 0.3 is 0 Å². The molecule has 1 aromatic heterocycles. The highest BCUT2D eigenvalue weighted by Gasteiger charge is 2.25. The van der Waals surface area contributed by atoms with Crippen molar-refractivity contribution in [3.8, 4) is 17.2 Å². The van der Waals surface area contributed by atoms with Crippen molar-refractivity contribution in [2.75, 3.05) is 6.54 Å². The molecule has 0 aliphatic carbocycles. The lowest BCUT2D eigenvalue weighted by atomic mass is 9.85. The molecule has 2 amide bonds. The van der Waals surface area contributed by atoms with Crippen LogP contribution in [0, 0.1) is 25.2 Å². The van der Waals surface area contributed by atoms with Crippen LogP contribution in [0.4, 0.5) is 0 Å². The van der Waals surface area contributed by atoms with Crippen LogP contribution in [-0.2, 0) is 29.0 Å². The lowest BCUT2D eigenvalue weighted by Gasteiger charge is -2.30. The minimum absolute atomic E-state index is 0.0658. The number of nitrogens with zero attached hydrogens (tertiary/aromatic N) is 2. The summed E-state index contributed by atoms with van der Waals surface area (Å²) in [4.78, 5) is 28.9. The van der Waals surface area contributed by atoms with Crippen LogP contribution in [0.15, 0.2) is 36.9 Å². The molecule has 2 aromatic carbocycles. The molecule has 0 saturated carbocycles. The Morgan fingerprint density at radius 1 is 1.35 bits per heavy atom. The van der Waals surface area contributed by atoms with E-state index in [0.29, 0.717) is 25.1 Å². The van der Waals surface area contributed by atoms with Crippen molar-refractivity contribution in [1.82, 2.24) is 9.88 Å². The number of nitrogens with one attached hydrogen (secondary N) is 1. The molecule has 1 aliphatic heterocycles. The van der Waals surface area contributed by atoms with E-state index in [-0.39, 0.29) is 12.3 Å². The molecule has 0 atom stereocenters. The summed E-state index contributed by atoms with van der Waals surface area (Å²) in [5, 5.41) is 11.0. The molecule has 1 aliphatic rings. The first-order chi connectivity index (χ1) is 14.8. The minimum Gasteiger partial charge on any atom is -0.369 e. The van der Waals surface area contributed by atoms with Gasteiger partial charge in [0.25, 0.3) is 0 Å². The number of H-pyrrole nitrogens is 1. The normalized spacial score (nSPS) is 13.0. The second-order valence-electron chi connectivity index (χ2n) is 8.00. The molecule has 0 spiro atoms. The second-order valence-corrected chi connectivity index (χ2v) is 8.00. The molecule has 0 bridgehead atoms. The minimum atomic E-state index is -0.438. The number of hydrogen-bond acceptors (Lipinski definition) is 3. The molecule has 31 heavy (non-hydrogen) atoms. The van der Waals surface area contributed by atoms with Gasteiger partial charge in [-0.15, -0.1) is 0 Å². The van der Waals surface area contributed by atoms with Crippen molar-refractivity contribution in [2.45, 2.75) is 33.2 Å². The van der Waals surface area contributed by atoms with Gasteiger partial charge in [-0.3, -0.25) is 9.59 Å². The first-order valence-corrected chi connectivity index (χ1v) is 10.2. The number of aromatic amines is 1. The number of nitriles is 1. The van der Waals surface area contributed by atoms with Gasteiger partial charge in [0.2, 0.25) is 11.8 Å². The summed E-state index contributed by atoms with van der Waals surface area (Å²) < 4.78 is 0. The van der Waals surface area contributed by atoms with Crippen LogP contribution in [0.5, 0.6) is 0 Å². The van der Waals surface area contributed by atoms with E-state index in [1.54, 1.807) is 11.0 Å². The van der Waals surface area contributed by atoms with Crippen LogP contribution in [0.1, 0.15) is 33.5 Å². The van der Waals surface area contributed by atoms with Gasteiger partial charge in [-0.25, -0.2) is 0 Å². The van der Waals surface area contributed by atoms with Crippen molar-refractivity contribution in [3.63, 3.8) is 0 Å². The smallest absolute Gasteiger partial charge is 0.246 e. The summed E-state index contributed by atoms with van der Waals surface area (Å²) in [5.41, 5.74) is 13.7. The maximum absolute atomic E-state index is 12.1. The second kappa shape index (κ2) is 7.77. The van der Waals surface area contributed by atoms with E-state index in [0.717, 1.165) is 50.0 Å². The summed E-state index contributed by atoms with van der Waals surface area (Å²) in [6.45, 7) is 8.72. The average Bonchev–Trinajstić information content (AvgIpc) is 3.06. The van der Waals surface area contributed by atoms with Gasteiger partial charge in [0.1, 0.15) is 0 Å². The third-order valence-electron chi connectivity index (χ3n) is 6.17. The van der Waals surface area contributed by atoms with Crippen molar-refractivity contribution in [2.24, 2.45) is 5.73 Å². The number of aryl methyl sites for hydroxylation is 2. The molecule has 2 heterocycles. The summed E-state index contributed by atoms with van der Waals surface area (Å²) in [5.74, 6) is -0.518. The van der Waals surface area contributed by atoms with Crippen LogP contribution < -0.4 is 5.73 Å². The highest BCUT2D eigenvalue weighted by atomic mass is 16.2. The molecular weight excluding hydrogens is 388 g/mol. The molecular formula is C25H24N4O2. The maximum Gasteiger partial charge on any atom is 0.246 e. The third kappa shape index (κ3) is 3.38. The van der Waals surface area contributed by atoms with Gasteiger partial charge in [-0.05, 0) is 60.2 Å². The molecule has 156 valence electrons. The number of amides is 2. The van der Waals surface area contributed by atoms with Crippen molar-refractivity contribution in [1.29, 1.82) is 5.26 Å². The maximum atomic E-state index is 12.1. The lowest BCUT2D eigenvalue weighted by molar-refractivity contribution is -0.126. The molecule has 0 unspecified atom stereocenters. The fourth-order valence-electron chi connectivity index (χ4n) is 4.58. The Balaban J connectivity index is 1.98. The number of primary amides is 1. The SMILES string of the molecule is C=CC(=O)N1CCc2c(cccc2-c2c(C#N)cc(CC(N)=O)c3[nH]c(C)c(C)c23)C1. The van der Waals surface area contributed by atoms with E-state index < -0.39 is 5.91 Å². The Kier molecular flexibility index (Phi) is 5.12. The standard InChI is InChI=1S/C25H24N4O2/c1-4-22(31)29-9-8-19-16(13-29)6-5-7-20(19)24-18(12-26)10-17(11-21(27)30)25-23(24)14(2)15(3)28-25/h4-7,10,28H,1,8-9,11,13H2,2-3H3,(H2,27,30). The molecule has 0 saturated heterocycles. The highest BCUT2D eigenvalue weighted by Crippen LogP contribution is 2.40. The van der Waals surface area contributed by atoms with Gasteiger partial charge < -0.3 is 15.6 Å². The number of rotatable bonds is 4. The zero-order valence-corrected chi connectivity index (χ0v) is 17.7. The zero-order chi connectivity index (χ0) is 22.3. The third-order valence-corrected chi connectivity index (χ3v) is 6.17. The quantitative estimate of drug-likeness (QED) is 0.642. The fraction of sp³-hybridized carbons (Fsp3) is 0.240. The van der Waals surface area contributed by atoms with E-state index in [1.807, 2.05) is 32.0 Å². The van der Waals surface area contributed by atoms with Crippen LogP contribution in [0.3, 0.4) is 0 Å². The Morgan fingerprint density at radius 3 is 2.81 bits per heavy atom. The number of carbonyl (C=O) groups is 2. The number of benzene rings is 2. The lowest BCUT2D eigenvalue weighted by Crippen LogP contribution is -2.34. The largest absolute Gasteiger partial charge is 0.369 e. The average molecular weight is 412 g/mol. The molecule has 3 aromatic rings. The summed E-state index contributed by atoms with van der Waals surface area (Å²) in [6, 6.07) is 10.1. The summed E-state index contributed by atoms with van der Waals surface area (Å²) >= 11 is 0. The zero-order valence-electron chi connectivity index (χ0n) is 17.7. The summed E-state index contributed by atoms with van der Waals surface area (Å²) in [6.07, 6.45) is 2.11. The van der Waals surface area contributed by atoms with Crippen LogP contribution in [0.2, 0.25) is 0 Å². The van der Waals surface area contributed by atoms with Crippen molar-refractivity contribution < 1.29 is 9.59 Å². The monoisotopic (exact) mass is 412 g/mol. The Morgan fingerprint density at radius 2 is 2.13 bits per heavy atom. The van der Waals surface area contributed by atoms with E-state index in [9.17, 15) is 14.9 Å². The van der Waals surface area contributed by atoms with Gasteiger partial charge in [-0.1, -0.05) is 24.8 Å². The summed E-state index contributed by atoms with van der Waals surface area (Å²) in [7, 11) is 0. The van der Waals surface area contributed by atoms with E-state index in [1.165, 1.54) is 6.08 Å². The van der Waals surface area contributed by atoms with Crippen LogP contribution >= 0.6 is 0 Å². The molecule has 0 radical (unpaired) electrons. The molecule has 0 fully saturated rings. The Bertz CT molecular complexity index is 1290. The van der Waals surface area contributed by atoms with Gasteiger partial charge in [0.15, 0.2) is 0 Å². The van der Waals surface area contributed by atoms with Crippen molar-refractivity contribution >= 4 is 22.7 Å². The molecule has 3 N–H and O–H groups in total. The first kappa shape index (κ1) is 20.4. The molecule has 6 nitrogen and oxygen atoms in total. The van der Waals surface area contributed by atoms with Crippen LogP contribution in [0.25, 0.3) is 22.0 Å². The predicted octanol–water partition coefficient (Wildman–Crippen LogP) is 3.42. The van der Waals surface area contributed by atoms with E-state index >= 15 is 0 Å². The number of carbonyl (C=O) groups excluding carboxylic acids is 2. The topological polar surface area (TPSA) is 103 Å². The molecule has 6 heteroatoms. The van der Waals surface area contributed by atoms with Gasteiger partial charge in [-0.2, -0.15) is 5.26 Å². The predicted molar refractivity (Wildman–Crippen MR) is 120 cm³/mol. The molecule has 4 rings (SSSR count). The number of aromatic nitrogens is 1. The number of fused-ring (bicyclic) bond motifs is 2. The van der Waals surface area contributed by atoms with Crippen molar-refractivity contribution in [3.05, 3.63) is 70.4 Å². The first-order valence-electron chi connectivity index (χ1n) is 10.2. The van der Waals surface area contributed by atoms with Gasteiger partial charge in [0, 0.05) is 29.7 Å².